The number of amides is 1. The summed E-state index contributed by atoms with van der Waals surface area (Å²) in [6, 6.07) is 0. The molecule has 0 aliphatic carbocycles. The molecule has 51 heavy (non-hydrogen) atoms. The minimum atomic E-state index is -0.476. The number of alkyl carbamates (subject to hydrolysis) is 1. The van der Waals surface area contributed by atoms with E-state index >= 15 is 0 Å². The van der Waals surface area contributed by atoms with Crippen molar-refractivity contribution < 1.29 is 23.8 Å². The first-order chi connectivity index (χ1) is 25.0. The highest BCUT2D eigenvalue weighted by Crippen LogP contribution is 2.12. The smallest absolute Gasteiger partial charge is 0.407 e. The summed E-state index contributed by atoms with van der Waals surface area (Å²) < 4.78 is 16.9. The summed E-state index contributed by atoms with van der Waals surface area (Å²) in [4.78, 5) is 26.5. The van der Waals surface area contributed by atoms with Gasteiger partial charge in [0.25, 0.3) is 0 Å². The number of carbonyl (C=O) groups excluding carboxylic acids is 2. The summed E-state index contributed by atoms with van der Waals surface area (Å²) in [7, 11) is 3.87. The maximum absolute atomic E-state index is 12.4. The molecule has 1 amide bonds. The Hall–Kier alpha value is -2.38. The van der Waals surface area contributed by atoms with Crippen LogP contribution in [0.4, 0.5) is 4.79 Å². The number of unbranched alkanes of at least 4 members (excludes halogenated alkanes) is 17. The minimum Gasteiger partial charge on any atom is -0.463 e. The van der Waals surface area contributed by atoms with Crippen LogP contribution in [0.3, 0.4) is 0 Å². The maximum Gasteiger partial charge on any atom is 0.407 e. The van der Waals surface area contributed by atoms with Crippen molar-refractivity contribution in [1.29, 1.82) is 0 Å². The van der Waals surface area contributed by atoms with Gasteiger partial charge >= 0.3 is 12.1 Å². The summed E-state index contributed by atoms with van der Waals surface area (Å²) in [5, 5.41) is 2.77. The SMILES string of the molecule is CCC=CCC=CCC=CCCCCCCCCOC(CNC(=O)OCCN(C)C)COC(=O)CCCCCCCC=CCCCCCCCC. The highest BCUT2D eigenvalue weighted by Gasteiger charge is 2.15. The lowest BCUT2D eigenvalue weighted by molar-refractivity contribution is -0.148. The zero-order chi connectivity index (χ0) is 37.3. The van der Waals surface area contributed by atoms with Gasteiger partial charge in [0.15, 0.2) is 0 Å². The number of hydrogen-bond donors (Lipinski definition) is 1. The molecule has 0 spiro atoms. The fourth-order valence-corrected chi connectivity index (χ4v) is 5.48. The second kappa shape index (κ2) is 40.4. The van der Waals surface area contributed by atoms with Gasteiger partial charge in [-0.05, 0) is 84.7 Å². The number of rotatable bonds is 37. The zero-order valence-corrected chi connectivity index (χ0v) is 33.7. The molecule has 0 aromatic rings. The molecule has 0 radical (unpaired) electrons. The highest BCUT2D eigenvalue weighted by atomic mass is 16.6. The van der Waals surface area contributed by atoms with Crippen LogP contribution in [0, 0.1) is 0 Å². The van der Waals surface area contributed by atoms with Crippen LogP contribution in [0.2, 0.25) is 0 Å². The number of likely N-dealkylation sites (N-methyl/N-ethyl adjacent to an activating group) is 1. The van der Waals surface area contributed by atoms with E-state index in [-0.39, 0.29) is 25.2 Å². The normalized spacial score (nSPS) is 12.6. The first kappa shape index (κ1) is 48.6. The molecule has 1 atom stereocenters. The Labute approximate surface area is 315 Å². The number of hydrogen-bond acceptors (Lipinski definition) is 6. The van der Waals surface area contributed by atoms with E-state index in [2.05, 4.69) is 67.8 Å². The second-order valence-corrected chi connectivity index (χ2v) is 14.0. The van der Waals surface area contributed by atoms with Crippen LogP contribution in [0.15, 0.2) is 48.6 Å². The first-order valence-electron chi connectivity index (χ1n) is 20.9. The summed E-state index contributed by atoms with van der Waals surface area (Å²) >= 11 is 0. The summed E-state index contributed by atoms with van der Waals surface area (Å²) in [5.74, 6) is -0.194. The van der Waals surface area contributed by atoms with Gasteiger partial charge in [0.05, 0.1) is 6.54 Å². The van der Waals surface area contributed by atoms with E-state index in [1.165, 1.54) is 83.5 Å². The second-order valence-electron chi connectivity index (χ2n) is 14.0. The molecular weight excluding hydrogens is 636 g/mol. The predicted octanol–water partition coefficient (Wildman–Crippen LogP) is 11.8. The molecule has 0 heterocycles. The Balaban J connectivity index is 4.11. The van der Waals surface area contributed by atoms with E-state index in [1.807, 2.05) is 19.0 Å². The molecular formula is C44H80N2O5. The molecule has 0 bridgehead atoms. The van der Waals surface area contributed by atoms with Crippen molar-refractivity contribution in [2.24, 2.45) is 0 Å². The van der Waals surface area contributed by atoms with Crippen molar-refractivity contribution in [1.82, 2.24) is 10.2 Å². The minimum absolute atomic E-state index is 0.140. The molecule has 7 heteroatoms. The van der Waals surface area contributed by atoms with E-state index in [0.29, 0.717) is 26.2 Å². The van der Waals surface area contributed by atoms with Crippen molar-refractivity contribution in [3.8, 4) is 0 Å². The molecule has 296 valence electrons. The molecule has 0 aliphatic rings. The first-order valence-corrected chi connectivity index (χ1v) is 20.9. The molecule has 0 saturated heterocycles. The molecule has 1 N–H and O–H groups in total. The molecule has 0 rings (SSSR count). The van der Waals surface area contributed by atoms with E-state index in [1.54, 1.807) is 0 Å². The number of nitrogens with one attached hydrogen (secondary N) is 1. The van der Waals surface area contributed by atoms with Gasteiger partial charge in [0, 0.05) is 19.6 Å². The molecule has 0 saturated carbocycles. The monoisotopic (exact) mass is 717 g/mol. The quantitative estimate of drug-likeness (QED) is 0.0392. The van der Waals surface area contributed by atoms with Gasteiger partial charge in [-0.3, -0.25) is 4.79 Å². The Morgan fingerprint density at radius 1 is 0.588 bits per heavy atom. The Kier molecular flexibility index (Phi) is 38.5. The third-order valence-corrected chi connectivity index (χ3v) is 8.72. The van der Waals surface area contributed by atoms with E-state index in [0.717, 1.165) is 64.2 Å². The third-order valence-electron chi connectivity index (χ3n) is 8.72. The van der Waals surface area contributed by atoms with Crippen LogP contribution in [-0.4, -0.2) is 70.1 Å². The van der Waals surface area contributed by atoms with Gasteiger partial charge in [0.1, 0.15) is 19.3 Å². The standard InChI is InChI=1S/C44H80N2O5/c1-5-7-9-11-13-15-17-19-21-23-25-27-29-31-33-35-38-49-42(40-45-44(48)50-39-37-46(3)4)41-51-43(47)36-34-32-30-28-26-24-22-20-18-16-14-12-10-8-6-2/h7,9,13,15,19-22,42H,5-6,8,10-12,14,16-18,23-41H2,1-4H3,(H,45,48). The van der Waals surface area contributed by atoms with Gasteiger partial charge < -0.3 is 24.4 Å². The molecule has 1 unspecified atom stereocenters. The molecule has 0 fully saturated rings. The van der Waals surface area contributed by atoms with Crippen LogP contribution in [0.1, 0.15) is 168 Å². The highest BCUT2D eigenvalue weighted by molar-refractivity contribution is 5.69. The van der Waals surface area contributed by atoms with Gasteiger partial charge in [0.2, 0.25) is 0 Å². The maximum atomic E-state index is 12.4. The van der Waals surface area contributed by atoms with Crippen molar-refractivity contribution in [3.63, 3.8) is 0 Å². The molecule has 0 aromatic heterocycles. The number of allylic oxidation sites excluding steroid dienone is 8. The van der Waals surface area contributed by atoms with Crippen LogP contribution >= 0.6 is 0 Å². The van der Waals surface area contributed by atoms with Crippen LogP contribution in [0.25, 0.3) is 0 Å². The lowest BCUT2D eigenvalue weighted by Gasteiger charge is -2.19. The summed E-state index contributed by atoms with van der Waals surface area (Å²) in [5.41, 5.74) is 0. The molecule has 0 aliphatic heterocycles. The van der Waals surface area contributed by atoms with Crippen molar-refractivity contribution >= 4 is 12.1 Å². The van der Waals surface area contributed by atoms with Gasteiger partial charge in [-0.1, -0.05) is 140 Å². The Bertz CT molecular complexity index is 883. The number of ether oxygens (including phenoxy) is 3. The molecule has 7 nitrogen and oxygen atoms in total. The average molecular weight is 717 g/mol. The van der Waals surface area contributed by atoms with Gasteiger partial charge in [-0.2, -0.15) is 0 Å². The largest absolute Gasteiger partial charge is 0.463 e. The fraction of sp³-hybridized carbons (Fsp3) is 0.773. The molecule has 0 aromatic carbocycles. The van der Waals surface area contributed by atoms with E-state index < -0.39 is 6.09 Å². The van der Waals surface area contributed by atoms with E-state index in [9.17, 15) is 9.59 Å². The fourth-order valence-electron chi connectivity index (χ4n) is 5.48. The number of carbonyl (C=O) groups is 2. The van der Waals surface area contributed by atoms with Crippen LogP contribution in [-0.2, 0) is 19.0 Å². The average Bonchev–Trinajstić information content (AvgIpc) is 3.11. The lowest BCUT2D eigenvalue weighted by atomic mass is 10.1. The van der Waals surface area contributed by atoms with Crippen molar-refractivity contribution in [2.45, 2.75) is 174 Å². The number of nitrogens with zero attached hydrogens (tertiary/aromatic N) is 1. The Morgan fingerprint density at radius 3 is 1.69 bits per heavy atom. The summed E-state index contributed by atoms with van der Waals surface area (Å²) in [6.45, 7) is 6.38. The van der Waals surface area contributed by atoms with Crippen LogP contribution < -0.4 is 5.32 Å². The van der Waals surface area contributed by atoms with Crippen LogP contribution in [0.5, 0.6) is 0 Å². The zero-order valence-electron chi connectivity index (χ0n) is 33.7. The third kappa shape index (κ3) is 40.3. The van der Waals surface area contributed by atoms with Gasteiger partial charge in [-0.25, -0.2) is 4.79 Å². The lowest BCUT2D eigenvalue weighted by Crippen LogP contribution is -2.38. The van der Waals surface area contributed by atoms with Gasteiger partial charge in [-0.15, -0.1) is 0 Å². The van der Waals surface area contributed by atoms with E-state index in [4.69, 9.17) is 14.2 Å². The summed E-state index contributed by atoms with van der Waals surface area (Å²) in [6.07, 6.45) is 44.9. The predicted molar refractivity (Wildman–Crippen MR) is 217 cm³/mol. The van der Waals surface area contributed by atoms with Crippen molar-refractivity contribution in [3.05, 3.63) is 48.6 Å². The topological polar surface area (TPSA) is 77.1 Å². The van der Waals surface area contributed by atoms with Crippen molar-refractivity contribution in [2.75, 3.05) is 47.0 Å². The Morgan fingerprint density at radius 2 is 1.10 bits per heavy atom. The number of esters is 1.